The number of ether oxygens (including phenoxy) is 1. The van der Waals surface area contributed by atoms with Gasteiger partial charge in [0.25, 0.3) is 5.91 Å². The summed E-state index contributed by atoms with van der Waals surface area (Å²) in [6, 6.07) is 18.5. The number of nitrogens with zero attached hydrogens (tertiary/aromatic N) is 2. The third-order valence-corrected chi connectivity index (χ3v) is 4.39. The number of carbonyl (C=O) groups is 2. The van der Waals surface area contributed by atoms with E-state index in [1.54, 1.807) is 24.4 Å². The summed E-state index contributed by atoms with van der Waals surface area (Å²) in [7, 11) is 0. The molecular formula is C22H17N3O3. The van der Waals surface area contributed by atoms with Crippen LogP contribution in [0.3, 0.4) is 0 Å². The van der Waals surface area contributed by atoms with Crippen LogP contribution in [0.4, 0.5) is 5.69 Å². The monoisotopic (exact) mass is 371 g/mol. The Bertz CT molecular complexity index is 1180. The van der Waals surface area contributed by atoms with Crippen molar-refractivity contribution in [3.05, 3.63) is 78.6 Å². The SMILES string of the molecule is CC(OC(=O)c1cccc2nccnc12)C(=O)Nc1ccc2ccccc2c1. The Hall–Kier alpha value is -3.80. The fourth-order valence-corrected chi connectivity index (χ4v) is 2.95. The number of rotatable bonds is 4. The molecule has 138 valence electrons. The first-order valence-electron chi connectivity index (χ1n) is 8.82. The number of aromatic nitrogens is 2. The summed E-state index contributed by atoms with van der Waals surface area (Å²) in [6.07, 6.45) is 2.09. The van der Waals surface area contributed by atoms with E-state index < -0.39 is 18.0 Å². The van der Waals surface area contributed by atoms with Crippen molar-refractivity contribution in [3.8, 4) is 0 Å². The van der Waals surface area contributed by atoms with Gasteiger partial charge in [-0.05, 0) is 42.0 Å². The van der Waals surface area contributed by atoms with E-state index in [-0.39, 0.29) is 5.56 Å². The zero-order valence-electron chi connectivity index (χ0n) is 15.1. The highest BCUT2D eigenvalue weighted by atomic mass is 16.5. The van der Waals surface area contributed by atoms with E-state index in [4.69, 9.17) is 4.74 Å². The van der Waals surface area contributed by atoms with Gasteiger partial charge >= 0.3 is 5.97 Å². The highest BCUT2D eigenvalue weighted by Gasteiger charge is 2.21. The van der Waals surface area contributed by atoms with Crippen molar-refractivity contribution in [3.63, 3.8) is 0 Å². The van der Waals surface area contributed by atoms with Gasteiger partial charge in [-0.25, -0.2) is 4.79 Å². The van der Waals surface area contributed by atoms with Crippen molar-refractivity contribution < 1.29 is 14.3 Å². The summed E-state index contributed by atoms with van der Waals surface area (Å²) in [5.41, 5.74) is 1.95. The van der Waals surface area contributed by atoms with Crippen molar-refractivity contribution in [2.24, 2.45) is 0 Å². The molecule has 4 aromatic rings. The Balaban J connectivity index is 1.48. The predicted molar refractivity (Wildman–Crippen MR) is 107 cm³/mol. The highest BCUT2D eigenvalue weighted by molar-refractivity contribution is 6.03. The number of para-hydroxylation sites is 1. The van der Waals surface area contributed by atoms with Crippen molar-refractivity contribution in [1.82, 2.24) is 9.97 Å². The van der Waals surface area contributed by atoms with Crippen molar-refractivity contribution in [2.75, 3.05) is 5.32 Å². The van der Waals surface area contributed by atoms with Crippen LogP contribution in [0.1, 0.15) is 17.3 Å². The zero-order chi connectivity index (χ0) is 19.5. The van der Waals surface area contributed by atoms with Gasteiger partial charge in [-0.3, -0.25) is 14.8 Å². The molecule has 1 atom stereocenters. The summed E-state index contributed by atoms with van der Waals surface area (Å²) >= 11 is 0. The van der Waals surface area contributed by atoms with Crippen molar-refractivity contribution >= 4 is 39.4 Å². The third kappa shape index (κ3) is 3.53. The number of nitrogens with one attached hydrogen (secondary N) is 1. The number of hydrogen-bond donors (Lipinski definition) is 1. The summed E-state index contributed by atoms with van der Waals surface area (Å²) in [4.78, 5) is 33.4. The molecule has 4 rings (SSSR count). The van der Waals surface area contributed by atoms with Gasteiger partial charge in [-0.1, -0.05) is 36.4 Å². The number of hydrogen-bond acceptors (Lipinski definition) is 5. The lowest BCUT2D eigenvalue weighted by atomic mass is 10.1. The van der Waals surface area contributed by atoms with Crippen LogP contribution < -0.4 is 5.32 Å². The number of anilines is 1. The molecule has 1 N–H and O–H groups in total. The van der Waals surface area contributed by atoms with Gasteiger partial charge in [-0.15, -0.1) is 0 Å². The molecule has 0 saturated heterocycles. The second kappa shape index (κ2) is 7.44. The molecule has 0 aliphatic carbocycles. The van der Waals surface area contributed by atoms with E-state index in [2.05, 4.69) is 15.3 Å². The minimum Gasteiger partial charge on any atom is -0.449 e. The van der Waals surface area contributed by atoms with Gasteiger partial charge in [-0.2, -0.15) is 0 Å². The van der Waals surface area contributed by atoms with E-state index in [0.717, 1.165) is 10.8 Å². The van der Waals surface area contributed by atoms with Gasteiger partial charge in [0.05, 0.1) is 11.1 Å². The second-order valence-corrected chi connectivity index (χ2v) is 6.33. The molecule has 0 saturated carbocycles. The summed E-state index contributed by atoms with van der Waals surface area (Å²) in [6.45, 7) is 1.53. The maximum Gasteiger partial charge on any atom is 0.341 e. The smallest absolute Gasteiger partial charge is 0.341 e. The molecule has 1 aromatic heterocycles. The van der Waals surface area contributed by atoms with Crippen LogP contribution in [0.15, 0.2) is 73.1 Å². The second-order valence-electron chi connectivity index (χ2n) is 6.33. The Kier molecular flexibility index (Phi) is 4.68. The maximum absolute atomic E-state index is 12.5. The molecule has 3 aromatic carbocycles. The molecule has 0 spiro atoms. The average molecular weight is 371 g/mol. The lowest BCUT2D eigenvalue weighted by Gasteiger charge is -2.14. The fourth-order valence-electron chi connectivity index (χ4n) is 2.95. The van der Waals surface area contributed by atoms with Gasteiger partial charge in [0.2, 0.25) is 0 Å². The highest BCUT2D eigenvalue weighted by Crippen LogP contribution is 2.20. The van der Waals surface area contributed by atoms with Crippen LogP contribution in [0, 0.1) is 0 Å². The van der Waals surface area contributed by atoms with Gasteiger partial charge < -0.3 is 10.1 Å². The number of fused-ring (bicyclic) bond motifs is 2. The average Bonchev–Trinajstić information content (AvgIpc) is 2.73. The maximum atomic E-state index is 12.5. The quantitative estimate of drug-likeness (QED) is 0.549. The third-order valence-electron chi connectivity index (χ3n) is 4.39. The topological polar surface area (TPSA) is 81.2 Å². The Labute approximate surface area is 161 Å². The van der Waals surface area contributed by atoms with Gasteiger partial charge in [0.15, 0.2) is 6.10 Å². The van der Waals surface area contributed by atoms with Crippen LogP contribution in [-0.4, -0.2) is 27.9 Å². The van der Waals surface area contributed by atoms with Crippen LogP contribution in [0.2, 0.25) is 0 Å². The molecule has 0 aliphatic heterocycles. The predicted octanol–water partition coefficient (Wildman–Crippen LogP) is 3.97. The molecule has 28 heavy (non-hydrogen) atoms. The molecule has 6 nitrogen and oxygen atoms in total. The summed E-state index contributed by atoms with van der Waals surface area (Å²) < 4.78 is 5.35. The summed E-state index contributed by atoms with van der Waals surface area (Å²) in [5.74, 6) is -1.03. The van der Waals surface area contributed by atoms with E-state index in [0.29, 0.717) is 16.7 Å². The number of carbonyl (C=O) groups excluding carboxylic acids is 2. The fraction of sp³-hybridized carbons (Fsp3) is 0.0909. The van der Waals surface area contributed by atoms with Crippen LogP contribution in [0.25, 0.3) is 21.8 Å². The number of amides is 1. The molecule has 0 fully saturated rings. The van der Waals surface area contributed by atoms with E-state index >= 15 is 0 Å². The first-order chi connectivity index (χ1) is 13.6. The molecule has 0 bridgehead atoms. The first-order valence-corrected chi connectivity index (χ1v) is 8.82. The van der Waals surface area contributed by atoms with Crippen LogP contribution in [0.5, 0.6) is 0 Å². The molecule has 6 heteroatoms. The molecule has 0 radical (unpaired) electrons. The zero-order valence-corrected chi connectivity index (χ0v) is 15.1. The van der Waals surface area contributed by atoms with Crippen LogP contribution >= 0.6 is 0 Å². The minimum atomic E-state index is -0.967. The van der Waals surface area contributed by atoms with E-state index in [1.165, 1.54) is 13.1 Å². The number of benzene rings is 3. The standard InChI is InChI=1S/C22H17N3O3/c1-14(21(26)25-17-10-9-15-5-2-3-6-16(15)13-17)28-22(27)18-7-4-8-19-20(18)24-12-11-23-19/h2-14H,1H3,(H,25,26). The minimum absolute atomic E-state index is 0.274. The van der Waals surface area contributed by atoms with E-state index in [9.17, 15) is 9.59 Å². The van der Waals surface area contributed by atoms with E-state index in [1.807, 2.05) is 42.5 Å². The molecule has 1 heterocycles. The van der Waals surface area contributed by atoms with Crippen LogP contribution in [-0.2, 0) is 9.53 Å². The Morgan fingerprint density at radius 1 is 0.929 bits per heavy atom. The largest absolute Gasteiger partial charge is 0.449 e. The molecule has 1 amide bonds. The summed E-state index contributed by atoms with van der Waals surface area (Å²) in [5, 5.41) is 4.88. The van der Waals surface area contributed by atoms with Crippen molar-refractivity contribution in [1.29, 1.82) is 0 Å². The normalized spacial score (nSPS) is 11.9. The lowest BCUT2D eigenvalue weighted by Crippen LogP contribution is -2.30. The lowest BCUT2D eigenvalue weighted by molar-refractivity contribution is -0.123. The Morgan fingerprint density at radius 3 is 2.57 bits per heavy atom. The van der Waals surface area contributed by atoms with Crippen molar-refractivity contribution in [2.45, 2.75) is 13.0 Å². The van der Waals surface area contributed by atoms with Gasteiger partial charge in [0, 0.05) is 18.1 Å². The number of esters is 1. The first kappa shape index (κ1) is 17.6. The molecular weight excluding hydrogens is 354 g/mol. The Morgan fingerprint density at radius 2 is 1.71 bits per heavy atom. The molecule has 0 aliphatic rings. The van der Waals surface area contributed by atoms with Gasteiger partial charge in [0.1, 0.15) is 5.52 Å². The molecule has 1 unspecified atom stereocenters.